The molecular weight excluding hydrogens is 295 g/mol. The standard InChI is InChI=1S/C14H19FN2O3S/c1-9-4-3-5-13(9)17-21(19,20)11-6-7-12(15)14(8-11)16-10(2)18/h6-9,13,17H,3-5H2,1-2H3,(H,16,18)/t9-,13+/m0/s1. The Morgan fingerprint density at radius 1 is 1.33 bits per heavy atom. The first-order chi connectivity index (χ1) is 9.79. The highest BCUT2D eigenvalue weighted by Crippen LogP contribution is 2.27. The number of hydrogen-bond donors (Lipinski definition) is 2. The zero-order chi connectivity index (χ0) is 15.6. The zero-order valence-corrected chi connectivity index (χ0v) is 12.8. The molecule has 0 heterocycles. The average Bonchev–Trinajstić information content (AvgIpc) is 2.76. The van der Waals surface area contributed by atoms with Crippen molar-refractivity contribution in [2.75, 3.05) is 5.32 Å². The second kappa shape index (κ2) is 6.11. The van der Waals surface area contributed by atoms with Gasteiger partial charge in [0.15, 0.2) is 0 Å². The Labute approximate surface area is 124 Å². The summed E-state index contributed by atoms with van der Waals surface area (Å²) in [6.45, 7) is 3.24. The minimum Gasteiger partial charge on any atom is -0.324 e. The van der Waals surface area contributed by atoms with Crippen molar-refractivity contribution in [1.29, 1.82) is 0 Å². The number of benzene rings is 1. The summed E-state index contributed by atoms with van der Waals surface area (Å²) < 4.78 is 40.9. The van der Waals surface area contributed by atoms with Gasteiger partial charge in [0.1, 0.15) is 5.82 Å². The van der Waals surface area contributed by atoms with Crippen LogP contribution in [0.3, 0.4) is 0 Å². The van der Waals surface area contributed by atoms with Crippen LogP contribution in [-0.2, 0) is 14.8 Å². The number of nitrogens with one attached hydrogen (secondary N) is 2. The van der Waals surface area contributed by atoms with Gasteiger partial charge >= 0.3 is 0 Å². The van der Waals surface area contributed by atoms with Crippen LogP contribution in [0.1, 0.15) is 33.1 Å². The molecule has 1 aliphatic carbocycles. The van der Waals surface area contributed by atoms with Crippen LogP contribution in [0.2, 0.25) is 0 Å². The Balaban J connectivity index is 2.25. The van der Waals surface area contributed by atoms with Gasteiger partial charge in [-0.05, 0) is 37.0 Å². The lowest BCUT2D eigenvalue weighted by atomic mass is 10.1. The van der Waals surface area contributed by atoms with Gasteiger partial charge in [-0.3, -0.25) is 4.79 Å². The molecule has 0 radical (unpaired) electrons. The molecule has 1 aromatic rings. The molecule has 0 aliphatic heterocycles. The van der Waals surface area contributed by atoms with Crippen LogP contribution >= 0.6 is 0 Å². The quantitative estimate of drug-likeness (QED) is 0.895. The van der Waals surface area contributed by atoms with E-state index in [2.05, 4.69) is 10.0 Å². The van der Waals surface area contributed by atoms with Crippen molar-refractivity contribution in [3.63, 3.8) is 0 Å². The predicted octanol–water partition coefficient (Wildman–Crippen LogP) is 2.25. The molecule has 5 nitrogen and oxygen atoms in total. The van der Waals surface area contributed by atoms with Crippen molar-refractivity contribution in [2.24, 2.45) is 5.92 Å². The van der Waals surface area contributed by atoms with Crippen LogP contribution in [0.15, 0.2) is 23.1 Å². The van der Waals surface area contributed by atoms with Crippen LogP contribution < -0.4 is 10.0 Å². The molecular formula is C14H19FN2O3S. The molecule has 0 aromatic heterocycles. The fraction of sp³-hybridized carbons (Fsp3) is 0.500. The second-order valence-corrected chi connectivity index (χ2v) is 7.17. The van der Waals surface area contributed by atoms with Crippen molar-refractivity contribution in [3.8, 4) is 0 Å². The summed E-state index contributed by atoms with van der Waals surface area (Å²) in [7, 11) is -3.72. The van der Waals surface area contributed by atoms with Gasteiger partial charge in [-0.25, -0.2) is 17.5 Å². The molecule has 116 valence electrons. The van der Waals surface area contributed by atoms with Gasteiger partial charge in [0.05, 0.1) is 10.6 Å². The number of amides is 1. The van der Waals surface area contributed by atoms with Crippen molar-refractivity contribution in [1.82, 2.24) is 4.72 Å². The summed E-state index contributed by atoms with van der Waals surface area (Å²) in [6.07, 6.45) is 2.79. The Bertz CT molecular complexity index is 646. The molecule has 7 heteroatoms. The minimum absolute atomic E-state index is 0.0493. The van der Waals surface area contributed by atoms with E-state index >= 15 is 0 Å². The fourth-order valence-electron chi connectivity index (χ4n) is 2.54. The monoisotopic (exact) mass is 314 g/mol. The molecule has 2 atom stereocenters. The van der Waals surface area contributed by atoms with E-state index in [1.807, 2.05) is 6.92 Å². The van der Waals surface area contributed by atoms with E-state index < -0.39 is 21.7 Å². The molecule has 0 spiro atoms. The lowest BCUT2D eigenvalue weighted by molar-refractivity contribution is -0.114. The van der Waals surface area contributed by atoms with E-state index in [9.17, 15) is 17.6 Å². The molecule has 1 saturated carbocycles. The first kappa shape index (κ1) is 15.9. The van der Waals surface area contributed by atoms with Crippen LogP contribution in [0.5, 0.6) is 0 Å². The van der Waals surface area contributed by atoms with Gasteiger partial charge in [0.2, 0.25) is 15.9 Å². The molecule has 1 fully saturated rings. The molecule has 2 rings (SSSR count). The third kappa shape index (κ3) is 3.79. The van der Waals surface area contributed by atoms with E-state index in [0.717, 1.165) is 31.4 Å². The highest BCUT2D eigenvalue weighted by atomic mass is 32.2. The third-order valence-corrected chi connectivity index (χ3v) is 5.21. The van der Waals surface area contributed by atoms with Gasteiger partial charge in [0, 0.05) is 13.0 Å². The number of rotatable bonds is 4. The summed E-state index contributed by atoms with van der Waals surface area (Å²) in [5.41, 5.74) is -0.134. The molecule has 0 bridgehead atoms. The number of carbonyl (C=O) groups excluding carboxylic acids is 1. The average molecular weight is 314 g/mol. The van der Waals surface area contributed by atoms with Crippen LogP contribution in [-0.4, -0.2) is 20.4 Å². The van der Waals surface area contributed by atoms with Crippen LogP contribution in [0.25, 0.3) is 0 Å². The van der Waals surface area contributed by atoms with Gasteiger partial charge in [-0.1, -0.05) is 13.3 Å². The smallest absolute Gasteiger partial charge is 0.240 e. The minimum atomic E-state index is -3.72. The zero-order valence-electron chi connectivity index (χ0n) is 12.0. The number of hydrogen-bond acceptors (Lipinski definition) is 3. The SMILES string of the molecule is CC(=O)Nc1cc(S(=O)(=O)N[C@@H]2CCC[C@@H]2C)ccc1F. The summed E-state index contributed by atoms with van der Waals surface area (Å²) in [5, 5.41) is 2.28. The largest absolute Gasteiger partial charge is 0.324 e. The molecule has 1 aromatic carbocycles. The summed E-state index contributed by atoms with van der Waals surface area (Å²) >= 11 is 0. The van der Waals surface area contributed by atoms with Gasteiger partial charge < -0.3 is 5.32 Å². The Hall–Kier alpha value is -1.47. The lowest BCUT2D eigenvalue weighted by Crippen LogP contribution is -2.36. The summed E-state index contributed by atoms with van der Waals surface area (Å²) in [6, 6.07) is 3.28. The van der Waals surface area contributed by atoms with Crippen molar-refractivity contribution in [3.05, 3.63) is 24.0 Å². The second-order valence-electron chi connectivity index (χ2n) is 5.46. The highest BCUT2D eigenvalue weighted by Gasteiger charge is 2.28. The van der Waals surface area contributed by atoms with Gasteiger partial charge in [-0.15, -0.1) is 0 Å². The maximum absolute atomic E-state index is 13.6. The highest BCUT2D eigenvalue weighted by molar-refractivity contribution is 7.89. The molecule has 1 amide bonds. The Morgan fingerprint density at radius 3 is 2.62 bits per heavy atom. The number of carbonyl (C=O) groups is 1. The lowest BCUT2D eigenvalue weighted by Gasteiger charge is -2.17. The Morgan fingerprint density at radius 2 is 2.05 bits per heavy atom. The van der Waals surface area contributed by atoms with E-state index in [0.29, 0.717) is 0 Å². The maximum Gasteiger partial charge on any atom is 0.240 e. The molecule has 0 unspecified atom stereocenters. The predicted molar refractivity (Wildman–Crippen MR) is 77.8 cm³/mol. The van der Waals surface area contributed by atoms with Crippen LogP contribution in [0.4, 0.5) is 10.1 Å². The van der Waals surface area contributed by atoms with Crippen molar-refractivity contribution >= 4 is 21.6 Å². The third-order valence-electron chi connectivity index (χ3n) is 3.73. The molecule has 21 heavy (non-hydrogen) atoms. The van der Waals surface area contributed by atoms with E-state index in [1.54, 1.807) is 0 Å². The number of sulfonamides is 1. The molecule has 1 aliphatic rings. The van der Waals surface area contributed by atoms with E-state index in [4.69, 9.17) is 0 Å². The van der Waals surface area contributed by atoms with Crippen molar-refractivity contribution in [2.45, 2.75) is 44.0 Å². The number of anilines is 1. The maximum atomic E-state index is 13.6. The fourth-order valence-corrected chi connectivity index (χ4v) is 3.95. The van der Waals surface area contributed by atoms with E-state index in [-0.39, 0.29) is 22.5 Å². The first-order valence-corrected chi connectivity index (χ1v) is 8.37. The molecule has 0 saturated heterocycles. The summed E-state index contributed by atoms with van der Waals surface area (Å²) in [4.78, 5) is 11.0. The first-order valence-electron chi connectivity index (χ1n) is 6.89. The van der Waals surface area contributed by atoms with Gasteiger partial charge in [0.25, 0.3) is 0 Å². The van der Waals surface area contributed by atoms with E-state index in [1.165, 1.54) is 13.0 Å². The van der Waals surface area contributed by atoms with Crippen molar-refractivity contribution < 1.29 is 17.6 Å². The summed E-state index contributed by atoms with van der Waals surface area (Å²) in [5.74, 6) is -0.839. The topological polar surface area (TPSA) is 75.3 Å². The number of halogens is 1. The normalized spacial score (nSPS) is 22.2. The van der Waals surface area contributed by atoms with Gasteiger partial charge in [-0.2, -0.15) is 0 Å². The Kier molecular flexibility index (Phi) is 4.63. The molecule has 2 N–H and O–H groups in total. The van der Waals surface area contributed by atoms with Crippen LogP contribution in [0, 0.1) is 11.7 Å².